The van der Waals surface area contributed by atoms with Crippen molar-refractivity contribution in [2.45, 2.75) is 57.0 Å². The molecular weight excluding hydrogens is 469 g/mol. The number of halogens is 2. The van der Waals surface area contributed by atoms with Gasteiger partial charge in [0.2, 0.25) is 5.95 Å². The molecule has 3 aromatic rings. The third kappa shape index (κ3) is 3.42. The van der Waals surface area contributed by atoms with E-state index in [-0.39, 0.29) is 34.3 Å². The molecule has 34 heavy (non-hydrogen) atoms. The van der Waals surface area contributed by atoms with Gasteiger partial charge >= 0.3 is 0 Å². The maximum absolute atomic E-state index is 15.2. The predicted octanol–water partition coefficient (Wildman–Crippen LogP) is 2.19. The zero-order chi connectivity index (χ0) is 23.8. The zero-order valence-corrected chi connectivity index (χ0v) is 19.2. The van der Waals surface area contributed by atoms with Crippen LogP contribution in [0.25, 0.3) is 22.3 Å². The maximum Gasteiger partial charge on any atom is 0.223 e. The number of nitrogens with one attached hydrogen (secondary N) is 1. The van der Waals surface area contributed by atoms with E-state index >= 15 is 4.39 Å². The van der Waals surface area contributed by atoms with Crippen LogP contribution in [-0.2, 0) is 21.6 Å². The number of aliphatic hydroxyl groups is 2. The first kappa shape index (κ1) is 21.9. The molecule has 0 amide bonds. The van der Waals surface area contributed by atoms with Crippen molar-refractivity contribution in [2.75, 3.05) is 18.5 Å². The number of rotatable bonds is 4. The fourth-order valence-electron chi connectivity index (χ4n) is 4.80. The summed E-state index contributed by atoms with van der Waals surface area (Å²) in [4.78, 5) is 13.1. The van der Waals surface area contributed by atoms with Crippen LogP contribution in [0.1, 0.15) is 26.1 Å². The largest absolute Gasteiger partial charge is 0.489 e. The lowest BCUT2D eigenvalue weighted by molar-refractivity contribution is -0.156. The SMILES string of the molecule is CC(C)(O)c1nc2c(F)cc(-c3nc(N[C@@H]4C[C@H]5CO[C@H](O5)[C@H]4O)ncc3Cl)c3c2n1CCO3. The van der Waals surface area contributed by atoms with Crippen LogP contribution in [0, 0.1) is 5.82 Å². The molecule has 4 atom stereocenters. The van der Waals surface area contributed by atoms with E-state index in [0.29, 0.717) is 48.8 Å². The number of anilines is 1. The summed E-state index contributed by atoms with van der Waals surface area (Å²) in [5.74, 6) is 0.375. The Morgan fingerprint density at radius 3 is 2.94 bits per heavy atom. The van der Waals surface area contributed by atoms with Gasteiger partial charge in [-0.2, -0.15) is 0 Å². The van der Waals surface area contributed by atoms with E-state index in [1.165, 1.54) is 12.3 Å². The fraction of sp³-hybridized carbons (Fsp3) is 0.500. The van der Waals surface area contributed by atoms with Crippen molar-refractivity contribution in [3.05, 3.63) is 28.9 Å². The van der Waals surface area contributed by atoms with Crippen molar-refractivity contribution in [2.24, 2.45) is 0 Å². The van der Waals surface area contributed by atoms with Crippen molar-refractivity contribution in [3.63, 3.8) is 0 Å². The van der Waals surface area contributed by atoms with Gasteiger partial charge in [0, 0.05) is 5.56 Å². The molecule has 2 saturated heterocycles. The van der Waals surface area contributed by atoms with Crippen molar-refractivity contribution in [1.29, 1.82) is 0 Å². The Hall–Kier alpha value is -2.57. The van der Waals surface area contributed by atoms with Gasteiger partial charge in [0.05, 0.1) is 42.2 Å². The highest BCUT2D eigenvalue weighted by Gasteiger charge is 2.43. The van der Waals surface area contributed by atoms with E-state index in [1.807, 2.05) is 0 Å². The molecule has 2 bridgehead atoms. The van der Waals surface area contributed by atoms with Crippen molar-refractivity contribution >= 4 is 28.6 Å². The summed E-state index contributed by atoms with van der Waals surface area (Å²) in [7, 11) is 0. The first-order valence-electron chi connectivity index (χ1n) is 11.0. The highest BCUT2D eigenvalue weighted by atomic mass is 35.5. The highest BCUT2D eigenvalue weighted by molar-refractivity contribution is 6.33. The Bertz CT molecular complexity index is 1300. The molecule has 5 heterocycles. The van der Waals surface area contributed by atoms with E-state index in [1.54, 1.807) is 18.4 Å². The van der Waals surface area contributed by atoms with E-state index in [4.69, 9.17) is 25.8 Å². The molecule has 6 rings (SSSR count). The lowest BCUT2D eigenvalue weighted by Gasteiger charge is -2.32. The highest BCUT2D eigenvalue weighted by Crippen LogP contribution is 2.43. The molecule has 2 fully saturated rings. The number of imidazole rings is 1. The average Bonchev–Trinajstić information content (AvgIpc) is 3.39. The Kier molecular flexibility index (Phi) is 4.98. The second-order valence-corrected chi connectivity index (χ2v) is 9.66. The minimum atomic E-state index is -1.27. The van der Waals surface area contributed by atoms with Gasteiger partial charge < -0.3 is 34.3 Å². The smallest absolute Gasteiger partial charge is 0.223 e. The number of hydrogen-bond donors (Lipinski definition) is 3. The Labute approximate surface area is 198 Å². The molecule has 0 saturated carbocycles. The number of fused-ring (bicyclic) bond motifs is 2. The van der Waals surface area contributed by atoms with E-state index in [9.17, 15) is 10.2 Å². The number of hydrogen-bond acceptors (Lipinski definition) is 9. The maximum atomic E-state index is 15.2. The molecule has 10 nitrogen and oxygen atoms in total. The first-order valence-corrected chi connectivity index (χ1v) is 11.4. The van der Waals surface area contributed by atoms with Gasteiger partial charge in [-0.05, 0) is 26.3 Å². The van der Waals surface area contributed by atoms with Gasteiger partial charge in [0.25, 0.3) is 0 Å². The van der Waals surface area contributed by atoms with Gasteiger partial charge in [-0.1, -0.05) is 11.6 Å². The molecule has 2 aromatic heterocycles. The van der Waals surface area contributed by atoms with Crippen LogP contribution in [0.3, 0.4) is 0 Å². The van der Waals surface area contributed by atoms with Crippen molar-refractivity contribution < 1.29 is 28.8 Å². The minimum absolute atomic E-state index is 0.111. The molecule has 12 heteroatoms. The molecule has 0 radical (unpaired) electrons. The van der Waals surface area contributed by atoms with Gasteiger partial charge in [-0.3, -0.25) is 0 Å². The quantitative estimate of drug-likeness (QED) is 0.503. The molecule has 3 aliphatic rings. The average molecular weight is 492 g/mol. The predicted molar refractivity (Wildman–Crippen MR) is 119 cm³/mol. The fourth-order valence-corrected chi connectivity index (χ4v) is 5.00. The number of ether oxygens (including phenoxy) is 3. The van der Waals surface area contributed by atoms with E-state index in [2.05, 4.69) is 20.3 Å². The monoisotopic (exact) mass is 491 g/mol. The van der Waals surface area contributed by atoms with Gasteiger partial charge in [-0.15, -0.1) is 0 Å². The summed E-state index contributed by atoms with van der Waals surface area (Å²) >= 11 is 6.44. The Morgan fingerprint density at radius 1 is 1.32 bits per heavy atom. The topological polar surface area (TPSA) is 124 Å². The van der Waals surface area contributed by atoms with Gasteiger partial charge in [0.15, 0.2) is 17.9 Å². The number of aliphatic hydroxyl groups excluding tert-OH is 1. The van der Waals surface area contributed by atoms with Crippen LogP contribution >= 0.6 is 11.6 Å². The lowest BCUT2D eigenvalue weighted by Crippen LogP contribution is -2.48. The van der Waals surface area contributed by atoms with E-state index < -0.39 is 23.8 Å². The third-order valence-corrected chi connectivity index (χ3v) is 6.60. The van der Waals surface area contributed by atoms with Crippen LogP contribution in [0.15, 0.2) is 12.3 Å². The Balaban J connectivity index is 1.43. The second kappa shape index (κ2) is 7.72. The van der Waals surface area contributed by atoms with Crippen LogP contribution in [0.4, 0.5) is 10.3 Å². The normalized spacial score (nSPS) is 26.1. The molecule has 3 N–H and O–H groups in total. The zero-order valence-electron chi connectivity index (χ0n) is 18.5. The molecule has 3 aliphatic heterocycles. The van der Waals surface area contributed by atoms with Gasteiger partial charge in [0.1, 0.15) is 35.2 Å². The van der Waals surface area contributed by atoms with Crippen LogP contribution in [-0.4, -0.2) is 67.5 Å². The van der Waals surface area contributed by atoms with Crippen LogP contribution in [0.2, 0.25) is 5.02 Å². The van der Waals surface area contributed by atoms with Crippen molar-refractivity contribution in [3.8, 4) is 17.0 Å². The summed E-state index contributed by atoms with van der Waals surface area (Å²) in [5, 5.41) is 24.4. The Morgan fingerprint density at radius 2 is 2.15 bits per heavy atom. The summed E-state index contributed by atoms with van der Waals surface area (Å²) < 4.78 is 33.9. The molecular formula is C22H23ClFN5O5. The number of nitrogens with zero attached hydrogens (tertiary/aromatic N) is 4. The van der Waals surface area contributed by atoms with Crippen LogP contribution in [0.5, 0.6) is 5.75 Å². The summed E-state index contributed by atoms with van der Waals surface area (Å²) in [6.07, 6.45) is 0.238. The van der Waals surface area contributed by atoms with Crippen molar-refractivity contribution in [1.82, 2.24) is 19.5 Å². The van der Waals surface area contributed by atoms with Gasteiger partial charge in [-0.25, -0.2) is 19.3 Å². The summed E-state index contributed by atoms with van der Waals surface area (Å²) in [5.41, 5.74) is -0.0943. The molecule has 1 aromatic carbocycles. The molecule has 180 valence electrons. The summed E-state index contributed by atoms with van der Waals surface area (Å²) in [6, 6.07) is 0.897. The number of aromatic nitrogens is 4. The first-order chi connectivity index (χ1) is 16.2. The molecule has 0 aliphatic carbocycles. The third-order valence-electron chi connectivity index (χ3n) is 6.33. The number of benzene rings is 1. The van der Waals surface area contributed by atoms with E-state index in [0.717, 1.165) is 0 Å². The minimum Gasteiger partial charge on any atom is -0.489 e. The molecule has 0 unspecified atom stereocenters. The van der Waals surface area contributed by atoms with Crippen LogP contribution < -0.4 is 10.1 Å². The standard InChI is InChI=1S/C22H23ClFN5O5/c1-22(2,31)20-27-15-12(24)6-10(18-16(15)29(20)3-4-32-18)14-11(23)7-25-21(28-14)26-13-5-9-8-33-19(34-9)17(13)30/h6-7,9,13,17,19,30-31H,3-5,8H2,1-2H3,(H,25,26,28)/t9-,13+,17-,19+/m0/s1. The lowest BCUT2D eigenvalue weighted by atomic mass is 10.0. The molecule has 0 spiro atoms. The summed E-state index contributed by atoms with van der Waals surface area (Å²) in [6.45, 7) is 4.36. The second-order valence-electron chi connectivity index (χ2n) is 9.25.